The Kier molecular flexibility index (Phi) is 8.05. The number of para-hydroxylation sites is 1. The van der Waals surface area contributed by atoms with Crippen molar-refractivity contribution < 1.29 is 9.59 Å². The number of carbonyl (C=O) groups is 2. The fourth-order valence-electron chi connectivity index (χ4n) is 4.66. The van der Waals surface area contributed by atoms with Crippen molar-refractivity contribution in [2.24, 2.45) is 0 Å². The number of hydrogen-bond acceptors (Lipinski definition) is 3. The zero-order valence-electron chi connectivity index (χ0n) is 23.9. The van der Waals surface area contributed by atoms with Crippen molar-refractivity contribution in [2.75, 3.05) is 11.9 Å². The van der Waals surface area contributed by atoms with E-state index in [4.69, 9.17) is 5.10 Å². The highest BCUT2D eigenvalue weighted by molar-refractivity contribution is 6.01. The Morgan fingerprint density at radius 1 is 0.897 bits per heavy atom. The van der Waals surface area contributed by atoms with Crippen molar-refractivity contribution in [1.29, 1.82) is 0 Å². The lowest BCUT2D eigenvalue weighted by Gasteiger charge is -2.27. The number of amides is 2. The molecule has 0 bridgehead atoms. The minimum atomic E-state index is -0.282. The summed E-state index contributed by atoms with van der Waals surface area (Å²) in [4.78, 5) is 28.7. The topological polar surface area (TPSA) is 67.2 Å². The molecule has 1 N–H and O–H groups in total. The quantitative estimate of drug-likeness (QED) is 0.286. The number of benzene rings is 3. The summed E-state index contributed by atoms with van der Waals surface area (Å²) in [5.74, 6) is 0.131. The minimum Gasteiger partial charge on any atom is -0.327 e. The average molecular weight is 523 g/mol. The van der Waals surface area contributed by atoms with Gasteiger partial charge in [-0.1, -0.05) is 81.4 Å². The maximum Gasteiger partial charge on any atom is 0.254 e. The summed E-state index contributed by atoms with van der Waals surface area (Å²) in [6.45, 7) is 14.1. The molecule has 1 heterocycles. The van der Waals surface area contributed by atoms with Crippen molar-refractivity contribution in [1.82, 2.24) is 14.7 Å². The van der Waals surface area contributed by atoms with Crippen LogP contribution in [0.15, 0.2) is 78.9 Å². The third-order valence-electron chi connectivity index (χ3n) is 6.92. The number of aryl methyl sites for hydroxylation is 2. The predicted octanol–water partition coefficient (Wildman–Crippen LogP) is 6.94. The smallest absolute Gasteiger partial charge is 0.254 e. The lowest BCUT2D eigenvalue weighted by Crippen LogP contribution is -2.42. The molecule has 202 valence electrons. The number of carbonyl (C=O) groups excluding carboxylic acids is 2. The standard InChI is InChI=1S/C33H38N4O2/c1-22(2)36(32(39)26-17-19-27(20-18-26)33(5,6)7)21-29(38)34-31-30(25-14-9-8-10-15-25)24(4)35-37(31)28-16-12-11-13-23(28)3/h8-20,22H,21H2,1-7H3,(H,34,38). The van der Waals surface area contributed by atoms with E-state index in [1.807, 2.05) is 107 Å². The molecule has 6 nitrogen and oxygen atoms in total. The molecule has 0 fully saturated rings. The third-order valence-corrected chi connectivity index (χ3v) is 6.92. The highest BCUT2D eigenvalue weighted by atomic mass is 16.2. The van der Waals surface area contributed by atoms with Gasteiger partial charge in [0.25, 0.3) is 5.91 Å². The van der Waals surface area contributed by atoms with E-state index in [1.54, 1.807) is 9.58 Å². The first kappa shape index (κ1) is 27.8. The van der Waals surface area contributed by atoms with Crippen LogP contribution in [0.4, 0.5) is 5.82 Å². The fourth-order valence-corrected chi connectivity index (χ4v) is 4.66. The van der Waals surface area contributed by atoms with E-state index < -0.39 is 0 Å². The van der Waals surface area contributed by atoms with Crippen molar-refractivity contribution in [2.45, 2.75) is 59.9 Å². The largest absolute Gasteiger partial charge is 0.327 e. The van der Waals surface area contributed by atoms with E-state index in [9.17, 15) is 9.59 Å². The van der Waals surface area contributed by atoms with Gasteiger partial charge in [-0.2, -0.15) is 5.10 Å². The maximum absolute atomic E-state index is 13.6. The summed E-state index contributed by atoms with van der Waals surface area (Å²) in [5.41, 5.74) is 6.25. The number of nitrogens with one attached hydrogen (secondary N) is 1. The van der Waals surface area contributed by atoms with Crippen LogP contribution in [0, 0.1) is 13.8 Å². The van der Waals surface area contributed by atoms with Gasteiger partial charge in [0.05, 0.1) is 11.4 Å². The Hall–Kier alpha value is -4.19. The van der Waals surface area contributed by atoms with Gasteiger partial charge in [0.15, 0.2) is 0 Å². The second kappa shape index (κ2) is 11.3. The van der Waals surface area contributed by atoms with Crippen LogP contribution in [-0.4, -0.2) is 39.1 Å². The maximum atomic E-state index is 13.6. The number of nitrogens with zero attached hydrogens (tertiary/aromatic N) is 3. The van der Waals surface area contributed by atoms with Gasteiger partial charge in [-0.15, -0.1) is 0 Å². The van der Waals surface area contributed by atoms with E-state index in [0.717, 1.165) is 33.6 Å². The normalized spacial score (nSPS) is 11.5. The van der Waals surface area contributed by atoms with Gasteiger partial charge < -0.3 is 10.2 Å². The lowest BCUT2D eigenvalue weighted by atomic mass is 9.86. The highest BCUT2D eigenvalue weighted by Gasteiger charge is 2.25. The first-order chi connectivity index (χ1) is 18.5. The van der Waals surface area contributed by atoms with Crippen molar-refractivity contribution in [3.05, 3.63) is 101 Å². The molecule has 1 aromatic heterocycles. The van der Waals surface area contributed by atoms with Crippen LogP contribution in [0.2, 0.25) is 0 Å². The molecule has 2 amide bonds. The molecule has 0 spiro atoms. The monoisotopic (exact) mass is 522 g/mol. The molecule has 0 saturated heterocycles. The molecule has 0 saturated carbocycles. The van der Waals surface area contributed by atoms with Gasteiger partial charge in [0.2, 0.25) is 5.91 Å². The van der Waals surface area contributed by atoms with E-state index in [0.29, 0.717) is 11.4 Å². The van der Waals surface area contributed by atoms with Crippen LogP contribution in [0.1, 0.15) is 61.8 Å². The molecule has 3 aromatic carbocycles. The van der Waals surface area contributed by atoms with Crippen molar-refractivity contribution in [3.63, 3.8) is 0 Å². The van der Waals surface area contributed by atoms with Crippen LogP contribution >= 0.6 is 0 Å². The van der Waals surface area contributed by atoms with Gasteiger partial charge in [0, 0.05) is 17.2 Å². The zero-order chi connectivity index (χ0) is 28.3. The van der Waals surface area contributed by atoms with Crippen LogP contribution in [-0.2, 0) is 10.2 Å². The number of rotatable bonds is 7. The summed E-state index contributed by atoms with van der Waals surface area (Å²) in [6.07, 6.45) is 0. The van der Waals surface area contributed by atoms with Gasteiger partial charge in [-0.05, 0) is 68.0 Å². The SMILES string of the molecule is Cc1ccccc1-n1nc(C)c(-c2ccccc2)c1NC(=O)CN(C(=O)c1ccc(C(C)(C)C)cc1)C(C)C. The Morgan fingerprint density at radius 2 is 1.51 bits per heavy atom. The summed E-state index contributed by atoms with van der Waals surface area (Å²) in [6, 6.07) is 25.4. The third kappa shape index (κ3) is 6.11. The Balaban J connectivity index is 1.66. The summed E-state index contributed by atoms with van der Waals surface area (Å²) in [7, 11) is 0. The number of hydrogen-bond donors (Lipinski definition) is 1. The first-order valence-corrected chi connectivity index (χ1v) is 13.4. The fraction of sp³-hybridized carbons (Fsp3) is 0.303. The molecule has 0 aliphatic rings. The molecule has 0 aliphatic carbocycles. The summed E-state index contributed by atoms with van der Waals surface area (Å²) < 4.78 is 1.79. The van der Waals surface area contributed by atoms with Crippen LogP contribution < -0.4 is 5.32 Å². The summed E-state index contributed by atoms with van der Waals surface area (Å²) >= 11 is 0. The molecule has 4 aromatic rings. The zero-order valence-corrected chi connectivity index (χ0v) is 23.9. The van der Waals surface area contributed by atoms with Gasteiger partial charge >= 0.3 is 0 Å². The Bertz CT molecular complexity index is 1460. The van der Waals surface area contributed by atoms with Gasteiger partial charge in [0.1, 0.15) is 12.4 Å². The molecular weight excluding hydrogens is 484 g/mol. The van der Waals surface area contributed by atoms with E-state index >= 15 is 0 Å². The first-order valence-electron chi connectivity index (χ1n) is 13.4. The molecule has 0 radical (unpaired) electrons. The molecule has 4 rings (SSSR count). The molecule has 0 unspecified atom stereocenters. The minimum absolute atomic E-state index is 0.00610. The average Bonchev–Trinajstić information content (AvgIpc) is 3.22. The Labute approximate surface area is 231 Å². The van der Waals surface area contributed by atoms with Crippen LogP contribution in [0.3, 0.4) is 0 Å². The second-order valence-corrected chi connectivity index (χ2v) is 11.3. The van der Waals surface area contributed by atoms with E-state index in [1.165, 1.54) is 0 Å². The van der Waals surface area contributed by atoms with Crippen molar-refractivity contribution >= 4 is 17.6 Å². The number of aromatic nitrogens is 2. The summed E-state index contributed by atoms with van der Waals surface area (Å²) in [5, 5.41) is 7.93. The molecule has 0 aliphatic heterocycles. The molecule has 0 atom stereocenters. The predicted molar refractivity (Wildman–Crippen MR) is 158 cm³/mol. The molecule has 6 heteroatoms. The van der Waals surface area contributed by atoms with Crippen LogP contribution in [0.25, 0.3) is 16.8 Å². The van der Waals surface area contributed by atoms with Crippen LogP contribution in [0.5, 0.6) is 0 Å². The van der Waals surface area contributed by atoms with Gasteiger partial charge in [-0.25, -0.2) is 4.68 Å². The highest BCUT2D eigenvalue weighted by Crippen LogP contribution is 2.34. The Morgan fingerprint density at radius 3 is 2.10 bits per heavy atom. The number of anilines is 1. The molecule has 39 heavy (non-hydrogen) atoms. The van der Waals surface area contributed by atoms with Crippen molar-refractivity contribution in [3.8, 4) is 16.8 Å². The van der Waals surface area contributed by atoms with Gasteiger partial charge in [-0.3, -0.25) is 9.59 Å². The lowest BCUT2D eigenvalue weighted by molar-refractivity contribution is -0.117. The second-order valence-electron chi connectivity index (χ2n) is 11.3. The molecular formula is C33H38N4O2. The van der Waals surface area contributed by atoms with E-state index in [-0.39, 0.29) is 29.8 Å². The van der Waals surface area contributed by atoms with E-state index in [2.05, 4.69) is 26.1 Å².